The van der Waals surface area contributed by atoms with Crippen LogP contribution in [0.4, 0.5) is 0 Å². The molecule has 0 aliphatic heterocycles. The lowest BCUT2D eigenvalue weighted by Gasteiger charge is -1.98. The number of Topliss-reactive ketones (excluding diaryl/α,β-unsaturated/α-hetero) is 1. The van der Waals surface area contributed by atoms with Crippen molar-refractivity contribution in [2.45, 2.75) is 6.42 Å². The zero-order chi connectivity index (χ0) is 10.6. The molecule has 0 radical (unpaired) electrons. The van der Waals surface area contributed by atoms with Crippen molar-refractivity contribution in [3.63, 3.8) is 0 Å². The summed E-state index contributed by atoms with van der Waals surface area (Å²) in [4.78, 5) is 11.3. The zero-order valence-corrected chi connectivity index (χ0v) is 9.04. The number of carbonyl (C=O) groups excluding carboxylic acids is 1. The SMILES string of the molecule is C=C(Br)C(=O)Cc1ccc(C#N)cc1. The van der Waals surface area contributed by atoms with Gasteiger partial charge in [0.15, 0.2) is 5.78 Å². The molecule has 0 aliphatic carbocycles. The van der Waals surface area contributed by atoms with Crippen LogP contribution >= 0.6 is 15.9 Å². The minimum atomic E-state index is -0.0466. The zero-order valence-electron chi connectivity index (χ0n) is 7.46. The number of allylic oxidation sites excluding steroid dienone is 1. The van der Waals surface area contributed by atoms with E-state index in [1.165, 1.54) is 0 Å². The van der Waals surface area contributed by atoms with Gasteiger partial charge in [-0.2, -0.15) is 5.26 Å². The highest BCUT2D eigenvalue weighted by molar-refractivity contribution is 9.12. The molecule has 1 aromatic carbocycles. The van der Waals surface area contributed by atoms with Crippen molar-refractivity contribution in [2.24, 2.45) is 0 Å². The Morgan fingerprint density at radius 3 is 2.43 bits per heavy atom. The monoisotopic (exact) mass is 249 g/mol. The maximum atomic E-state index is 11.3. The van der Waals surface area contributed by atoms with E-state index >= 15 is 0 Å². The molecule has 0 amide bonds. The molecular weight excluding hydrogens is 242 g/mol. The molecular formula is C11H8BrNO. The van der Waals surface area contributed by atoms with Crippen molar-refractivity contribution in [1.29, 1.82) is 5.26 Å². The predicted octanol–water partition coefficient (Wildman–Crippen LogP) is 2.58. The van der Waals surface area contributed by atoms with Crippen LogP contribution in [-0.2, 0) is 11.2 Å². The summed E-state index contributed by atoms with van der Waals surface area (Å²) < 4.78 is 0.377. The first-order valence-corrected chi connectivity index (χ1v) is 4.79. The van der Waals surface area contributed by atoms with Crippen molar-refractivity contribution >= 4 is 21.7 Å². The van der Waals surface area contributed by atoms with E-state index in [1.54, 1.807) is 24.3 Å². The number of hydrogen-bond donors (Lipinski definition) is 0. The van der Waals surface area contributed by atoms with Gasteiger partial charge in [-0.15, -0.1) is 0 Å². The first kappa shape index (κ1) is 10.7. The Hall–Kier alpha value is -1.40. The summed E-state index contributed by atoms with van der Waals surface area (Å²) in [5, 5.41) is 8.56. The van der Waals surface area contributed by atoms with Crippen LogP contribution in [0.15, 0.2) is 35.3 Å². The van der Waals surface area contributed by atoms with Crippen LogP contribution in [0.2, 0.25) is 0 Å². The highest BCUT2D eigenvalue weighted by Gasteiger charge is 2.04. The van der Waals surface area contributed by atoms with E-state index in [9.17, 15) is 4.79 Å². The van der Waals surface area contributed by atoms with E-state index in [-0.39, 0.29) is 5.78 Å². The minimum Gasteiger partial charge on any atom is -0.293 e. The summed E-state index contributed by atoms with van der Waals surface area (Å²) in [6.45, 7) is 3.50. The van der Waals surface area contributed by atoms with Gasteiger partial charge in [-0.1, -0.05) is 18.7 Å². The number of rotatable bonds is 3. The third-order valence-corrected chi connectivity index (χ3v) is 2.19. The molecule has 14 heavy (non-hydrogen) atoms. The molecule has 0 aliphatic rings. The fraction of sp³-hybridized carbons (Fsp3) is 0.0909. The maximum absolute atomic E-state index is 11.3. The highest BCUT2D eigenvalue weighted by atomic mass is 79.9. The van der Waals surface area contributed by atoms with Gasteiger partial charge in [0.2, 0.25) is 0 Å². The number of halogens is 1. The van der Waals surface area contributed by atoms with Crippen LogP contribution in [-0.4, -0.2) is 5.78 Å². The molecule has 0 aromatic heterocycles. The molecule has 0 atom stereocenters. The minimum absolute atomic E-state index is 0.0466. The van der Waals surface area contributed by atoms with Crippen molar-refractivity contribution in [3.05, 3.63) is 46.5 Å². The van der Waals surface area contributed by atoms with Crippen molar-refractivity contribution < 1.29 is 4.79 Å². The molecule has 3 heteroatoms. The van der Waals surface area contributed by atoms with Gasteiger partial charge in [0, 0.05) is 6.42 Å². The Morgan fingerprint density at radius 1 is 1.43 bits per heavy atom. The quantitative estimate of drug-likeness (QED) is 0.773. The second-order valence-corrected chi connectivity index (χ2v) is 3.77. The summed E-state index contributed by atoms with van der Waals surface area (Å²) in [7, 11) is 0. The number of ketones is 1. The molecule has 0 saturated heterocycles. The Balaban J connectivity index is 2.75. The van der Waals surface area contributed by atoms with Crippen LogP contribution in [0.3, 0.4) is 0 Å². The van der Waals surface area contributed by atoms with Gasteiger partial charge in [0.25, 0.3) is 0 Å². The van der Waals surface area contributed by atoms with Gasteiger partial charge in [-0.3, -0.25) is 4.79 Å². The van der Waals surface area contributed by atoms with E-state index < -0.39 is 0 Å². The Morgan fingerprint density at radius 2 is 2.00 bits per heavy atom. The smallest absolute Gasteiger partial charge is 0.173 e. The van der Waals surface area contributed by atoms with Gasteiger partial charge in [0.1, 0.15) is 0 Å². The lowest BCUT2D eigenvalue weighted by molar-refractivity contribution is -0.114. The Labute approximate surface area is 91.0 Å². The molecule has 0 bridgehead atoms. The topological polar surface area (TPSA) is 40.9 Å². The van der Waals surface area contributed by atoms with Crippen LogP contribution in [0.5, 0.6) is 0 Å². The molecule has 0 heterocycles. The standard InChI is InChI=1S/C11H8BrNO/c1-8(12)11(14)6-9-2-4-10(7-13)5-3-9/h2-5H,1,6H2. The van der Waals surface area contributed by atoms with E-state index in [0.29, 0.717) is 16.5 Å². The Kier molecular flexibility index (Phi) is 3.61. The summed E-state index contributed by atoms with van der Waals surface area (Å²) in [6.07, 6.45) is 0.315. The van der Waals surface area contributed by atoms with Crippen LogP contribution < -0.4 is 0 Å². The normalized spacial score (nSPS) is 9.14. The molecule has 1 aromatic rings. The lowest BCUT2D eigenvalue weighted by atomic mass is 10.1. The second kappa shape index (κ2) is 4.73. The van der Waals surface area contributed by atoms with E-state index in [2.05, 4.69) is 22.5 Å². The second-order valence-electron chi connectivity index (χ2n) is 2.81. The summed E-state index contributed by atoms with van der Waals surface area (Å²) >= 11 is 3.03. The summed E-state index contributed by atoms with van der Waals surface area (Å²) in [5.74, 6) is -0.0466. The molecule has 1 rings (SSSR count). The van der Waals surface area contributed by atoms with Crippen LogP contribution in [0.25, 0.3) is 0 Å². The van der Waals surface area contributed by atoms with E-state index in [1.807, 2.05) is 6.07 Å². The Bertz CT molecular complexity index is 400. The first-order chi connectivity index (χ1) is 6.63. The number of hydrogen-bond acceptors (Lipinski definition) is 2. The number of nitriles is 1. The first-order valence-electron chi connectivity index (χ1n) is 4.00. The number of benzene rings is 1. The molecule has 0 N–H and O–H groups in total. The van der Waals surface area contributed by atoms with Gasteiger partial charge in [-0.25, -0.2) is 0 Å². The fourth-order valence-electron chi connectivity index (χ4n) is 0.978. The van der Waals surface area contributed by atoms with E-state index in [4.69, 9.17) is 5.26 Å². The molecule has 2 nitrogen and oxygen atoms in total. The maximum Gasteiger partial charge on any atom is 0.173 e. The van der Waals surface area contributed by atoms with Crippen molar-refractivity contribution in [3.8, 4) is 6.07 Å². The number of nitrogens with zero attached hydrogens (tertiary/aromatic N) is 1. The van der Waals surface area contributed by atoms with Crippen LogP contribution in [0, 0.1) is 11.3 Å². The van der Waals surface area contributed by atoms with Crippen molar-refractivity contribution in [1.82, 2.24) is 0 Å². The fourth-order valence-corrected chi connectivity index (χ4v) is 1.12. The van der Waals surface area contributed by atoms with Crippen molar-refractivity contribution in [2.75, 3.05) is 0 Å². The van der Waals surface area contributed by atoms with Gasteiger partial charge in [-0.05, 0) is 33.6 Å². The summed E-state index contributed by atoms with van der Waals surface area (Å²) in [5.41, 5.74) is 1.48. The molecule has 70 valence electrons. The third kappa shape index (κ3) is 2.82. The largest absolute Gasteiger partial charge is 0.293 e. The third-order valence-electron chi connectivity index (χ3n) is 1.75. The lowest BCUT2D eigenvalue weighted by Crippen LogP contribution is -2.01. The molecule has 0 fully saturated rings. The highest BCUT2D eigenvalue weighted by Crippen LogP contribution is 2.09. The average Bonchev–Trinajstić information content (AvgIpc) is 2.19. The van der Waals surface area contributed by atoms with Gasteiger partial charge in [0.05, 0.1) is 16.1 Å². The van der Waals surface area contributed by atoms with Gasteiger partial charge >= 0.3 is 0 Å². The molecule has 0 unspecified atom stereocenters. The van der Waals surface area contributed by atoms with E-state index in [0.717, 1.165) is 5.56 Å². The number of carbonyl (C=O) groups is 1. The van der Waals surface area contributed by atoms with Crippen LogP contribution in [0.1, 0.15) is 11.1 Å². The summed E-state index contributed by atoms with van der Waals surface area (Å²) in [6, 6.07) is 8.95. The average molecular weight is 250 g/mol. The van der Waals surface area contributed by atoms with Gasteiger partial charge < -0.3 is 0 Å². The predicted molar refractivity (Wildman–Crippen MR) is 57.9 cm³/mol. The molecule has 0 spiro atoms. The molecule has 0 saturated carbocycles.